The molecular formula is C7H15NO. The van der Waals surface area contributed by atoms with Gasteiger partial charge in [-0.15, -0.1) is 0 Å². The minimum Gasteiger partial charge on any atom is -0.393 e. The fourth-order valence-electron chi connectivity index (χ4n) is 1.33. The van der Waals surface area contributed by atoms with Gasteiger partial charge in [0.2, 0.25) is 0 Å². The van der Waals surface area contributed by atoms with Crippen LogP contribution in [0.25, 0.3) is 0 Å². The van der Waals surface area contributed by atoms with Crippen LogP contribution in [0.5, 0.6) is 0 Å². The van der Waals surface area contributed by atoms with E-state index in [2.05, 4.69) is 6.92 Å². The number of aliphatic hydroxyl groups is 1. The number of hydrogen-bond donors (Lipinski definition) is 2. The van der Waals surface area contributed by atoms with Crippen molar-refractivity contribution in [2.75, 3.05) is 0 Å². The Morgan fingerprint density at radius 2 is 2.11 bits per heavy atom. The molecule has 0 aromatic carbocycles. The molecule has 1 fully saturated rings. The van der Waals surface area contributed by atoms with Gasteiger partial charge in [-0.3, -0.25) is 0 Å². The summed E-state index contributed by atoms with van der Waals surface area (Å²) in [5.74, 6) is 0.463. The molecule has 2 nitrogen and oxygen atoms in total. The monoisotopic (exact) mass is 129 g/mol. The Kier molecular flexibility index (Phi) is 2.09. The summed E-state index contributed by atoms with van der Waals surface area (Å²) < 4.78 is 0. The SMILES string of the molecule is CC1CCC(N)CC1O. The highest BCUT2D eigenvalue weighted by atomic mass is 16.3. The molecule has 3 unspecified atom stereocenters. The third kappa shape index (κ3) is 1.66. The maximum Gasteiger partial charge on any atom is 0.0580 e. The van der Waals surface area contributed by atoms with E-state index in [0.29, 0.717) is 5.92 Å². The molecule has 1 rings (SSSR count). The van der Waals surface area contributed by atoms with Gasteiger partial charge in [-0.25, -0.2) is 0 Å². The minimum atomic E-state index is -0.145. The third-order valence-electron chi connectivity index (χ3n) is 2.19. The molecule has 1 aliphatic carbocycles. The van der Waals surface area contributed by atoms with Crippen molar-refractivity contribution in [2.45, 2.75) is 38.3 Å². The van der Waals surface area contributed by atoms with Gasteiger partial charge in [0, 0.05) is 6.04 Å². The van der Waals surface area contributed by atoms with E-state index in [1.165, 1.54) is 0 Å². The highest BCUT2D eigenvalue weighted by molar-refractivity contribution is 4.78. The van der Waals surface area contributed by atoms with Crippen molar-refractivity contribution in [3.8, 4) is 0 Å². The summed E-state index contributed by atoms with van der Waals surface area (Å²) in [6.45, 7) is 2.08. The molecule has 1 saturated carbocycles. The summed E-state index contributed by atoms with van der Waals surface area (Å²) in [6.07, 6.45) is 2.82. The van der Waals surface area contributed by atoms with E-state index in [0.717, 1.165) is 19.3 Å². The van der Waals surface area contributed by atoms with Crippen LogP contribution < -0.4 is 5.73 Å². The molecule has 0 aliphatic heterocycles. The van der Waals surface area contributed by atoms with Crippen molar-refractivity contribution >= 4 is 0 Å². The maximum atomic E-state index is 9.27. The van der Waals surface area contributed by atoms with E-state index in [4.69, 9.17) is 5.73 Å². The van der Waals surface area contributed by atoms with Crippen LogP contribution in [0.4, 0.5) is 0 Å². The molecule has 3 N–H and O–H groups in total. The van der Waals surface area contributed by atoms with Crippen LogP contribution in [0.1, 0.15) is 26.2 Å². The number of aliphatic hydroxyl groups excluding tert-OH is 1. The predicted octanol–water partition coefficient (Wildman–Crippen LogP) is 0.495. The van der Waals surface area contributed by atoms with Crippen molar-refractivity contribution < 1.29 is 5.11 Å². The van der Waals surface area contributed by atoms with Crippen LogP contribution in [-0.4, -0.2) is 17.3 Å². The Labute approximate surface area is 56.1 Å². The van der Waals surface area contributed by atoms with Gasteiger partial charge in [0.05, 0.1) is 6.10 Å². The van der Waals surface area contributed by atoms with Gasteiger partial charge < -0.3 is 10.8 Å². The van der Waals surface area contributed by atoms with E-state index >= 15 is 0 Å². The molecule has 9 heavy (non-hydrogen) atoms. The molecule has 3 atom stereocenters. The molecule has 2 heteroatoms. The Morgan fingerprint density at radius 1 is 1.44 bits per heavy atom. The average Bonchev–Trinajstić information content (AvgIpc) is 1.80. The van der Waals surface area contributed by atoms with Crippen molar-refractivity contribution in [3.05, 3.63) is 0 Å². The lowest BCUT2D eigenvalue weighted by molar-refractivity contribution is 0.0708. The van der Waals surface area contributed by atoms with E-state index < -0.39 is 0 Å². The first-order valence-electron chi connectivity index (χ1n) is 3.64. The molecule has 0 aromatic rings. The van der Waals surface area contributed by atoms with Gasteiger partial charge >= 0.3 is 0 Å². The Morgan fingerprint density at radius 3 is 2.56 bits per heavy atom. The second-order valence-corrected chi connectivity index (χ2v) is 3.12. The van der Waals surface area contributed by atoms with Gasteiger partial charge in [-0.05, 0) is 25.2 Å². The zero-order valence-corrected chi connectivity index (χ0v) is 5.88. The summed E-state index contributed by atoms with van der Waals surface area (Å²) in [7, 11) is 0. The molecule has 54 valence electrons. The summed E-state index contributed by atoms with van der Waals surface area (Å²) in [5.41, 5.74) is 5.63. The Hall–Kier alpha value is -0.0800. The number of hydrogen-bond acceptors (Lipinski definition) is 2. The topological polar surface area (TPSA) is 46.2 Å². The Balaban J connectivity index is 2.35. The smallest absolute Gasteiger partial charge is 0.0580 e. The molecular weight excluding hydrogens is 114 g/mol. The van der Waals surface area contributed by atoms with E-state index in [1.807, 2.05) is 0 Å². The van der Waals surface area contributed by atoms with Crippen LogP contribution in [0.3, 0.4) is 0 Å². The van der Waals surface area contributed by atoms with E-state index in [9.17, 15) is 5.11 Å². The standard InChI is InChI=1S/C7H15NO/c1-5-2-3-6(8)4-7(5)9/h5-7,9H,2-4,8H2,1H3. The summed E-state index contributed by atoms with van der Waals surface area (Å²) >= 11 is 0. The first-order valence-corrected chi connectivity index (χ1v) is 3.64. The summed E-state index contributed by atoms with van der Waals surface area (Å²) in [4.78, 5) is 0. The minimum absolute atomic E-state index is 0.145. The molecule has 0 heterocycles. The highest BCUT2D eigenvalue weighted by Gasteiger charge is 2.22. The van der Waals surface area contributed by atoms with Gasteiger partial charge in [0.25, 0.3) is 0 Å². The zero-order chi connectivity index (χ0) is 6.85. The largest absolute Gasteiger partial charge is 0.393 e. The van der Waals surface area contributed by atoms with Crippen molar-refractivity contribution in [3.63, 3.8) is 0 Å². The number of nitrogens with two attached hydrogens (primary N) is 1. The second kappa shape index (κ2) is 2.67. The summed E-state index contributed by atoms with van der Waals surface area (Å²) in [6, 6.07) is 0.246. The predicted molar refractivity (Wildman–Crippen MR) is 37.0 cm³/mol. The van der Waals surface area contributed by atoms with Crippen LogP contribution >= 0.6 is 0 Å². The van der Waals surface area contributed by atoms with E-state index in [-0.39, 0.29) is 12.1 Å². The van der Waals surface area contributed by atoms with Crippen LogP contribution in [0, 0.1) is 5.92 Å². The van der Waals surface area contributed by atoms with Gasteiger partial charge in [0.15, 0.2) is 0 Å². The Bertz CT molecular complexity index is 94.9. The zero-order valence-electron chi connectivity index (χ0n) is 5.88. The summed E-state index contributed by atoms with van der Waals surface area (Å²) in [5, 5.41) is 9.27. The van der Waals surface area contributed by atoms with Crippen LogP contribution in [0.15, 0.2) is 0 Å². The normalized spacial score (nSPS) is 45.0. The first-order chi connectivity index (χ1) is 4.20. The highest BCUT2D eigenvalue weighted by Crippen LogP contribution is 2.22. The van der Waals surface area contributed by atoms with Crippen molar-refractivity contribution in [1.29, 1.82) is 0 Å². The molecule has 0 spiro atoms. The lowest BCUT2D eigenvalue weighted by atomic mass is 9.85. The fraction of sp³-hybridized carbons (Fsp3) is 1.00. The first kappa shape index (κ1) is 7.03. The molecule has 0 saturated heterocycles. The maximum absolute atomic E-state index is 9.27. The lowest BCUT2D eigenvalue weighted by Crippen LogP contribution is -2.35. The van der Waals surface area contributed by atoms with Gasteiger partial charge in [-0.1, -0.05) is 6.92 Å². The van der Waals surface area contributed by atoms with E-state index in [1.54, 1.807) is 0 Å². The van der Waals surface area contributed by atoms with Crippen molar-refractivity contribution in [2.24, 2.45) is 11.7 Å². The lowest BCUT2D eigenvalue weighted by Gasteiger charge is -2.28. The third-order valence-corrected chi connectivity index (χ3v) is 2.19. The van der Waals surface area contributed by atoms with Crippen molar-refractivity contribution in [1.82, 2.24) is 0 Å². The molecule has 0 amide bonds. The van der Waals surface area contributed by atoms with Gasteiger partial charge in [-0.2, -0.15) is 0 Å². The molecule has 0 bridgehead atoms. The van der Waals surface area contributed by atoms with Gasteiger partial charge in [0.1, 0.15) is 0 Å². The average molecular weight is 129 g/mol. The van der Waals surface area contributed by atoms with Crippen LogP contribution in [0.2, 0.25) is 0 Å². The molecule has 0 aromatic heterocycles. The quantitative estimate of drug-likeness (QED) is 0.500. The number of rotatable bonds is 0. The van der Waals surface area contributed by atoms with Crippen LogP contribution in [-0.2, 0) is 0 Å². The molecule has 1 aliphatic rings. The second-order valence-electron chi connectivity index (χ2n) is 3.12. The molecule has 0 radical (unpaired) electrons. The fourth-order valence-corrected chi connectivity index (χ4v) is 1.33.